The predicted octanol–water partition coefficient (Wildman–Crippen LogP) is 14.9. The molecule has 0 bridgehead atoms. The van der Waals surface area contributed by atoms with Crippen molar-refractivity contribution < 1.29 is 14.0 Å². The van der Waals surface area contributed by atoms with Crippen molar-refractivity contribution in [2.45, 2.75) is 77.6 Å². The maximum absolute atomic E-state index is 6.20. The first-order valence-electron chi connectivity index (χ1n) is 22.8. The number of nitrogens with zero attached hydrogens (tertiary/aromatic N) is 1. The summed E-state index contributed by atoms with van der Waals surface area (Å²) in [5.74, 6) is 1.84. The van der Waals surface area contributed by atoms with Crippen LogP contribution in [-0.2, 0) is 10.8 Å². The van der Waals surface area contributed by atoms with Crippen LogP contribution in [0.2, 0.25) is 0 Å². The Morgan fingerprint density at radius 1 is 0.426 bits per heavy atom. The second kappa shape index (κ2) is 16.0. The molecule has 0 heterocycles. The van der Waals surface area contributed by atoms with Crippen molar-refractivity contribution in [1.29, 1.82) is 0 Å². The number of ether oxygens (including phenoxy) is 2. The lowest BCUT2D eigenvalue weighted by Crippen LogP contribution is -2.40. The summed E-state index contributed by atoms with van der Waals surface area (Å²) in [5, 5.41) is 2.46. The maximum Gasteiger partial charge on any atom is 0.119 e. The molecule has 0 saturated heterocycles. The molecule has 2 aliphatic rings. The first-order valence-corrected chi connectivity index (χ1v) is 22.8. The molecular weight excluding hydrogens is 743 g/mol. The fourth-order valence-corrected chi connectivity index (χ4v) is 10.8. The summed E-state index contributed by atoms with van der Waals surface area (Å²) in [6, 6.07) is 50.8. The Morgan fingerprint density at radius 2 is 0.803 bits per heavy atom. The minimum atomic E-state index is -0.0492. The van der Waals surface area contributed by atoms with Crippen LogP contribution in [0.5, 0.6) is 11.5 Å². The van der Waals surface area contributed by atoms with E-state index in [0.717, 1.165) is 67.8 Å². The normalized spacial score (nSPS) is 14.4. The third kappa shape index (κ3) is 6.86. The summed E-state index contributed by atoms with van der Waals surface area (Å²) in [5.41, 5.74) is 18.9. The zero-order valence-electron chi connectivity index (χ0n) is 37.6. The molecule has 0 radical (unpaired) electrons. The first kappa shape index (κ1) is 40.7. The lowest BCUT2D eigenvalue weighted by atomic mass is 9.72. The average Bonchev–Trinajstić information content (AvgIpc) is 3.75. The molecule has 3 nitrogen and oxygen atoms in total. The molecule has 0 atom stereocenters. The molecule has 3 heteroatoms. The summed E-state index contributed by atoms with van der Waals surface area (Å²) in [6.07, 6.45) is 5.26. The van der Waals surface area contributed by atoms with Gasteiger partial charge in [-0.3, -0.25) is 0 Å². The highest BCUT2D eigenvalue weighted by molar-refractivity contribution is 5.91. The van der Waals surface area contributed by atoms with E-state index in [1.807, 2.05) is 0 Å². The van der Waals surface area contributed by atoms with Crippen molar-refractivity contribution in [3.8, 4) is 67.1 Å². The van der Waals surface area contributed by atoms with E-state index < -0.39 is 0 Å². The summed E-state index contributed by atoms with van der Waals surface area (Å²) >= 11 is 0. The van der Waals surface area contributed by atoms with Crippen LogP contribution >= 0.6 is 0 Å². The highest BCUT2D eigenvalue weighted by Gasteiger charge is 2.42. The van der Waals surface area contributed by atoms with Gasteiger partial charge in [-0.15, -0.1) is 0 Å². The Hall–Kier alpha value is -5.64. The fourth-order valence-electron chi connectivity index (χ4n) is 10.8. The highest BCUT2D eigenvalue weighted by atomic mass is 16.5. The summed E-state index contributed by atoms with van der Waals surface area (Å²) in [6.45, 7) is 14.7. The van der Waals surface area contributed by atoms with Crippen molar-refractivity contribution in [3.63, 3.8) is 0 Å². The maximum atomic E-state index is 6.20. The van der Waals surface area contributed by atoms with Gasteiger partial charge in [0.15, 0.2) is 0 Å². The van der Waals surface area contributed by atoms with E-state index in [9.17, 15) is 0 Å². The van der Waals surface area contributed by atoms with E-state index >= 15 is 0 Å². The smallest absolute Gasteiger partial charge is 0.119 e. The minimum Gasteiger partial charge on any atom is -0.497 e. The van der Waals surface area contributed by atoms with Crippen LogP contribution in [0.25, 0.3) is 66.4 Å². The highest BCUT2D eigenvalue weighted by Crippen LogP contribution is 2.56. The van der Waals surface area contributed by atoms with Crippen LogP contribution in [0.4, 0.5) is 0 Å². The molecular formula is C58H62NO2+. The van der Waals surface area contributed by atoms with Crippen LogP contribution in [0, 0.1) is 0 Å². The zero-order chi connectivity index (χ0) is 42.5. The van der Waals surface area contributed by atoms with Crippen LogP contribution in [0.15, 0.2) is 133 Å². The molecule has 0 fully saturated rings. The molecule has 7 aromatic rings. The Labute approximate surface area is 364 Å². The van der Waals surface area contributed by atoms with Crippen molar-refractivity contribution >= 4 is 10.8 Å². The summed E-state index contributed by atoms with van der Waals surface area (Å²) < 4.78 is 12.7. The third-order valence-corrected chi connectivity index (χ3v) is 15.1. The summed E-state index contributed by atoms with van der Waals surface area (Å²) in [4.78, 5) is 0. The van der Waals surface area contributed by atoms with E-state index in [1.54, 1.807) is 7.11 Å². The third-order valence-electron chi connectivity index (χ3n) is 15.1. The molecule has 7 aromatic carbocycles. The number of benzene rings is 7. The molecule has 0 unspecified atom stereocenters. The molecule has 0 aliphatic heterocycles. The molecule has 61 heavy (non-hydrogen) atoms. The van der Waals surface area contributed by atoms with Gasteiger partial charge in [0, 0.05) is 17.3 Å². The fraction of sp³-hybridized carbons (Fsp3) is 0.310. The average molecular weight is 805 g/mol. The lowest BCUT2D eigenvalue weighted by molar-refractivity contribution is -0.888. The van der Waals surface area contributed by atoms with Gasteiger partial charge < -0.3 is 14.0 Å². The largest absolute Gasteiger partial charge is 0.497 e. The number of methoxy groups -OCH3 is 1. The van der Waals surface area contributed by atoms with Gasteiger partial charge >= 0.3 is 0 Å². The second-order valence-electron chi connectivity index (χ2n) is 18.2. The SMILES string of the molecule is CCC1(CC)c2cc(-c3ccc(OC)cc3)ccc2-c2ccc(-c3ccc4c(c3)C(CC)(CC)c3cc(-c5ccc6cc(OCCC[N+](C)(C)CC)ccc6c5)ccc3-4)cc21. The number of fused-ring (bicyclic) bond motifs is 7. The number of quaternary nitrogens is 1. The predicted molar refractivity (Wildman–Crippen MR) is 258 cm³/mol. The van der Waals surface area contributed by atoms with Crippen LogP contribution in [0.3, 0.4) is 0 Å². The van der Waals surface area contributed by atoms with E-state index in [-0.39, 0.29) is 10.8 Å². The van der Waals surface area contributed by atoms with Crippen LogP contribution in [0.1, 0.15) is 89.0 Å². The first-order chi connectivity index (χ1) is 29.6. The van der Waals surface area contributed by atoms with Crippen molar-refractivity contribution in [3.05, 3.63) is 156 Å². The Morgan fingerprint density at radius 3 is 1.25 bits per heavy atom. The standard InChI is InChI=1S/C58H62NO2/c1-9-57(10-2)53-35-43(39-17-24-47(60-8)25-18-39)20-27-49(53)51-29-22-45(37-55(51)57)46-23-30-52-50-28-21-44(36-54(50)58(11-3,12-4)56(52)38-46)40-15-16-42-34-48(26-19-41(42)33-40)61-32-14-31-59(6,7)13-5/h15-30,33-38H,9-14,31-32H2,1-8H3/q+1. The van der Waals surface area contributed by atoms with Crippen LogP contribution in [-0.4, -0.2) is 45.4 Å². The van der Waals surface area contributed by atoms with Crippen molar-refractivity contribution in [2.24, 2.45) is 0 Å². The Kier molecular flexibility index (Phi) is 10.7. The number of rotatable bonds is 14. The minimum absolute atomic E-state index is 0.0347. The second-order valence-corrected chi connectivity index (χ2v) is 18.2. The quantitative estimate of drug-likeness (QED) is 0.0805. The van der Waals surface area contributed by atoms with E-state index in [4.69, 9.17) is 9.47 Å². The van der Waals surface area contributed by atoms with Gasteiger partial charge in [-0.2, -0.15) is 0 Å². The van der Waals surface area contributed by atoms with Crippen LogP contribution < -0.4 is 9.47 Å². The van der Waals surface area contributed by atoms with Gasteiger partial charge in [0.1, 0.15) is 11.5 Å². The van der Waals surface area contributed by atoms with Crippen molar-refractivity contribution in [1.82, 2.24) is 0 Å². The van der Waals surface area contributed by atoms with E-state index in [1.165, 1.54) is 88.7 Å². The van der Waals surface area contributed by atoms with Gasteiger partial charge in [-0.1, -0.05) is 107 Å². The molecule has 2 aliphatic carbocycles. The Bertz CT molecular complexity index is 2750. The topological polar surface area (TPSA) is 18.5 Å². The van der Waals surface area contributed by atoms with Gasteiger partial charge in [-0.05, 0) is 176 Å². The molecule has 310 valence electrons. The van der Waals surface area contributed by atoms with Gasteiger partial charge in [0.25, 0.3) is 0 Å². The molecule has 9 rings (SSSR count). The van der Waals surface area contributed by atoms with E-state index in [0.29, 0.717) is 0 Å². The molecule has 0 aromatic heterocycles. The lowest BCUT2D eigenvalue weighted by Gasteiger charge is -2.31. The monoisotopic (exact) mass is 804 g/mol. The summed E-state index contributed by atoms with van der Waals surface area (Å²) in [7, 11) is 6.29. The van der Waals surface area contributed by atoms with Gasteiger partial charge in [-0.25, -0.2) is 0 Å². The Balaban J connectivity index is 1.02. The van der Waals surface area contributed by atoms with Crippen molar-refractivity contribution in [2.75, 3.05) is 40.9 Å². The molecule has 0 saturated carbocycles. The molecule has 0 amide bonds. The number of hydrogen-bond acceptors (Lipinski definition) is 2. The van der Waals surface area contributed by atoms with Gasteiger partial charge in [0.2, 0.25) is 0 Å². The van der Waals surface area contributed by atoms with E-state index in [2.05, 4.69) is 182 Å². The zero-order valence-corrected chi connectivity index (χ0v) is 37.6. The number of hydrogen-bond donors (Lipinski definition) is 0. The molecule has 0 N–H and O–H groups in total. The molecule has 0 spiro atoms. The van der Waals surface area contributed by atoms with Gasteiger partial charge in [0.05, 0.1) is 40.9 Å².